The zero-order valence-corrected chi connectivity index (χ0v) is 11.5. The molecule has 1 heterocycles. The first kappa shape index (κ1) is 12.9. The predicted octanol–water partition coefficient (Wildman–Crippen LogP) is 2.14. The second-order valence-electron chi connectivity index (χ2n) is 4.66. The van der Waals surface area contributed by atoms with E-state index in [1.165, 1.54) is 0 Å². The largest absolute Gasteiger partial charge is 0.301 e. The third-order valence-corrected chi connectivity index (χ3v) is 5.06. The molecule has 0 saturated carbocycles. The minimum absolute atomic E-state index is 0.00856. The van der Waals surface area contributed by atoms with Gasteiger partial charge in [0, 0.05) is 0 Å². The number of sulfone groups is 1. The lowest BCUT2D eigenvalue weighted by Crippen LogP contribution is -2.28. The van der Waals surface area contributed by atoms with Crippen LogP contribution in [0.1, 0.15) is 17.2 Å². The molecule has 5 heteroatoms. The van der Waals surface area contributed by atoms with Gasteiger partial charge in [-0.3, -0.25) is 0 Å². The van der Waals surface area contributed by atoms with Crippen molar-refractivity contribution in [1.82, 2.24) is 5.43 Å². The molecule has 4 nitrogen and oxygen atoms in total. The van der Waals surface area contributed by atoms with E-state index < -0.39 is 9.84 Å². The molecule has 0 bridgehead atoms. The molecule has 0 spiro atoms. The number of benzene rings is 2. The van der Waals surface area contributed by atoms with E-state index in [1.54, 1.807) is 36.5 Å². The Morgan fingerprint density at radius 1 is 1.00 bits per heavy atom. The minimum atomic E-state index is -3.34. The van der Waals surface area contributed by atoms with Crippen LogP contribution in [0.3, 0.4) is 0 Å². The summed E-state index contributed by atoms with van der Waals surface area (Å²) in [4.78, 5) is 0.342. The van der Waals surface area contributed by atoms with E-state index in [-0.39, 0.29) is 11.8 Å². The molecule has 1 N–H and O–H groups in total. The quantitative estimate of drug-likeness (QED) is 0.940. The predicted molar refractivity (Wildman–Crippen MR) is 78.4 cm³/mol. The summed E-state index contributed by atoms with van der Waals surface area (Å²) in [6, 6.07) is 15.9. The van der Waals surface area contributed by atoms with Gasteiger partial charge in [0.05, 0.1) is 22.9 Å². The molecular weight excluding hydrogens is 272 g/mol. The fourth-order valence-electron chi connectivity index (χ4n) is 2.28. The van der Waals surface area contributed by atoms with Crippen LogP contribution in [-0.4, -0.2) is 20.4 Å². The molecule has 1 unspecified atom stereocenters. The summed E-state index contributed by atoms with van der Waals surface area (Å²) in [6.07, 6.45) is 1.71. The van der Waals surface area contributed by atoms with Crippen LogP contribution in [0.5, 0.6) is 0 Å². The molecule has 1 atom stereocenters. The van der Waals surface area contributed by atoms with Gasteiger partial charge < -0.3 is 5.43 Å². The highest BCUT2D eigenvalue weighted by atomic mass is 32.2. The van der Waals surface area contributed by atoms with Crippen LogP contribution in [0.2, 0.25) is 0 Å². The Labute approximate surface area is 118 Å². The standard InChI is InChI=1S/C15H14N2O2S/c18-20(19,13-7-2-1-3-8-13)11-15-14-9-5-4-6-12(14)10-16-17-15/h1-10,15,17H,11H2. The van der Waals surface area contributed by atoms with Gasteiger partial charge in [0.15, 0.2) is 9.84 Å². The fraction of sp³-hybridized carbons (Fsp3) is 0.133. The number of fused-ring (bicyclic) bond motifs is 1. The fourth-order valence-corrected chi connectivity index (χ4v) is 3.74. The van der Waals surface area contributed by atoms with E-state index in [4.69, 9.17) is 0 Å². The van der Waals surface area contributed by atoms with E-state index in [9.17, 15) is 8.42 Å². The smallest absolute Gasteiger partial charge is 0.180 e. The lowest BCUT2D eigenvalue weighted by atomic mass is 10.0. The highest BCUT2D eigenvalue weighted by Crippen LogP contribution is 2.24. The van der Waals surface area contributed by atoms with Crippen LogP contribution in [0.4, 0.5) is 0 Å². The Morgan fingerprint density at radius 2 is 1.70 bits per heavy atom. The minimum Gasteiger partial charge on any atom is -0.301 e. The molecule has 102 valence electrons. The molecular formula is C15H14N2O2S. The summed E-state index contributed by atoms with van der Waals surface area (Å²) >= 11 is 0. The maximum atomic E-state index is 12.4. The van der Waals surface area contributed by atoms with Crippen molar-refractivity contribution in [1.29, 1.82) is 0 Å². The maximum absolute atomic E-state index is 12.4. The Kier molecular flexibility index (Phi) is 3.28. The van der Waals surface area contributed by atoms with Gasteiger partial charge in [-0.1, -0.05) is 42.5 Å². The summed E-state index contributed by atoms with van der Waals surface area (Å²) < 4.78 is 24.8. The molecule has 3 rings (SSSR count). The summed E-state index contributed by atoms with van der Waals surface area (Å²) in [7, 11) is -3.34. The van der Waals surface area contributed by atoms with Crippen LogP contribution in [0, 0.1) is 0 Å². The molecule has 2 aromatic carbocycles. The third kappa shape index (κ3) is 2.44. The summed E-state index contributed by atoms with van der Waals surface area (Å²) in [5.41, 5.74) is 4.81. The van der Waals surface area contributed by atoms with Crippen molar-refractivity contribution in [2.24, 2.45) is 5.10 Å². The Balaban J connectivity index is 1.91. The van der Waals surface area contributed by atoms with Gasteiger partial charge in [0.1, 0.15) is 0 Å². The third-order valence-electron chi connectivity index (χ3n) is 3.29. The van der Waals surface area contributed by atoms with E-state index in [0.29, 0.717) is 4.90 Å². The van der Waals surface area contributed by atoms with Gasteiger partial charge >= 0.3 is 0 Å². The number of hydrogen-bond acceptors (Lipinski definition) is 4. The van der Waals surface area contributed by atoms with Gasteiger partial charge in [0.25, 0.3) is 0 Å². The van der Waals surface area contributed by atoms with Crippen LogP contribution in [0.15, 0.2) is 64.6 Å². The molecule has 0 radical (unpaired) electrons. The average molecular weight is 286 g/mol. The van der Waals surface area contributed by atoms with Crippen LogP contribution >= 0.6 is 0 Å². The summed E-state index contributed by atoms with van der Waals surface area (Å²) in [5.74, 6) is -0.00856. The number of hydrazone groups is 1. The monoisotopic (exact) mass is 286 g/mol. The molecule has 2 aromatic rings. The zero-order valence-electron chi connectivity index (χ0n) is 10.7. The first-order valence-electron chi connectivity index (χ1n) is 6.32. The average Bonchev–Trinajstić information content (AvgIpc) is 2.48. The highest BCUT2D eigenvalue weighted by molar-refractivity contribution is 7.91. The molecule has 0 aromatic heterocycles. The van der Waals surface area contributed by atoms with E-state index >= 15 is 0 Å². The summed E-state index contributed by atoms with van der Waals surface area (Å²) in [6.45, 7) is 0. The van der Waals surface area contributed by atoms with Crippen molar-refractivity contribution in [3.05, 3.63) is 65.7 Å². The van der Waals surface area contributed by atoms with Crippen LogP contribution < -0.4 is 5.43 Å². The van der Waals surface area contributed by atoms with Gasteiger partial charge in [0.2, 0.25) is 0 Å². The normalized spacial score (nSPS) is 17.3. The molecule has 0 saturated heterocycles. The lowest BCUT2D eigenvalue weighted by molar-refractivity contribution is 0.558. The SMILES string of the molecule is O=S(=O)(CC1NN=Cc2ccccc21)c1ccccc1. The number of nitrogens with one attached hydrogen (secondary N) is 1. The summed E-state index contributed by atoms with van der Waals surface area (Å²) in [5, 5.41) is 4.04. The lowest BCUT2D eigenvalue weighted by Gasteiger charge is -2.22. The molecule has 0 aliphatic carbocycles. The second kappa shape index (κ2) is 5.09. The van der Waals surface area contributed by atoms with E-state index in [2.05, 4.69) is 10.5 Å². The van der Waals surface area contributed by atoms with Gasteiger partial charge in [-0.05, 0) is 23.3 Å². The van der Waals surface area contributed by atoms with Crippen molar-refractivity contribution in [3.8, 4) is 0 Å². The first-order valence-corrected chi connectivity index (χ1v) is 7.97. The van der Waals surface area contributed by atoms with E-state index in [1.807, 2.05) is 24.3 Å². The molecule has 1 aliphatic heterocycles. The first-order chi connectivity index (χ1) is 9.67. The topological polar surface area (TPSA) is 58.5 Å². The maximum Gasteiger partial charge on any atom is 0.180 e. The molecule has 1 aliphatic rings. The van der Waals surface area contributed by atoms with Crippen LogP contribution in [-0.2, 0) is 9.84 Å². The van der Waals surface area contributed by atoms with Gasteiger partial charge in [-0.25, -0.2) is 8.42 Å². The second-order valence-corrected chi connectivity index (χ2v) is 6.70. The zero-order chi connectivity index (χ0) is 14.0. The van der Waals surface area contributed by atoms with Gasteiger partial charge in [-0.2, -0.15) is 5.10 Å². The van der Waals surface area contributed by atoms with Crippen molar-refractivity contribution in [3.63, 3.8) is 0 Å². The van der Waals surface area contributed by atoms with E-state index in [0.717, 1.165) is 11.1 Å². The molecule has 0 amide bonds. The van der Waals surface area contributed by atoms with Crippen molar-refractivity contribution in [2.45, 2.75) is 10.9 Å². The number of nitrogens with zero attached hydrogens (tertiary/aromatic N) is 1. The highest BCUT2D eigenvalue weighted by Gasteiger charge is 2.25. The van der Waals surface area contributed by atoms with Crippen molar-refractivity contribution < 1.29 is 8.42 Å². The Morgan fingerprint density at radius 3 is 2.50 bits per heavy atom. The van der Waals surface area contributed by atoms with Crippen molar-refractivity contribution >= 4 is 16.1 Å². The Hall–Kier alpha value is -2.14. The number of hydrogen-bond donors (Lipinski definition) is 1. The Bertz CT molecular complexity index is 739. The molecule has 0 fully saturated rings. The number of rotatable bonds is 3. The van der Waals surface area contributed by atoms with Crippen LogP contribution in [0.25, 0.3) is 0 Å². The van der Waals surface area contributed by atoms with Gasteiger partial charge in [-0.15, -0.1) is 0 Å². The molecule has 20 heavy (non-hydrogen) atoms. The van der Waals surface area contributed by atoms with Crippen molar-refractivity contribution in [2.75, 3.05) is 5.75 Å².